The van der Waals surface area contributed by atoms with Crippen LogP contribution in [0.5, 0.6) is 0 Å². The quantitative estimate of drug-likeness (QED) is 0.523. The van der Waals surface area contributed by atoms with Crippen molar-refractivity contribution in [1.29, 1.82) is 0 Å². The van der Waals surface area contributed by atoms with Crippen molar-refractivity contribution in [1.82, 2.24) is 4.90 Å². The average molecular weight is 401 g/mol. The van der Waals surface area contributed by atoms with Crippen LogP contribution in [0.1, 0.15) is 5.56 Å². The standard InChI is InChI=1S/C16H16BrCl2N3/c1-22(2)10-21-16-14(18)7-12(8-15(16)19)20-9-11-5-3-4-6-13(11)17/h3-8,10,20H,9H2,1-2H3. The number of halogens is 3. The maximum atomic E-state index is 6.27. The van der Waals surface area contributed by atoms with Crippen LogP contribution in [0, 0.1) is 0 Å². The van der Waals surface area contributed by atoms with Crippen molar-refractivity contribution in [2.75, 3.05) is 19.4 Å². The summed E-state index contributed by atoms with van der Waals surface area (Å²) in [4.78, 5) is 6.11. The number of hydrogen-bond acceptors (Lipinski definition) is 2. The molecule has 0 aliphatic rings. The average Bonchev–Trinajstić information content (AvgIpc) is 2.45. The Bertz CT molecular complexity index is 664. The van der Waals surface area contributed by atoms with Gasteiger partial charge in [-0.2, -0.15) is 0 Å². The second-order valence-electron chi connectivity index (χ2n) is 4.94. The smallest absolute Gasteiger partial charge is 0.102 e. The van der Waals surface area contributed by atoms with Gasteiger partial charge in [0.2, 0.25) is 0 Å². The van der Waals surface area contributed by atoms with E-state index in [0.717, 1.165) is 15.7 Å². The van der Waals surface area contributed by atoms with E-state index in [2.05, 4.69) is 32.3 Å². The molecule has 3 nitrogen and oxygen atoms in total. The normalized spacial score (nSPS) is 11.0. The third-order valence-corrected chi connectivity index (χ3v) is 4.23. The highest BCUT2D eigenvalue weighted by Gasteiger charge is 2.08. The molecule has 0 heterocycles. The van der Waals surface area contributed by atoms with Gasteiger partial charge in [-0.3, -0.25) is 0 Å². The molecule has 0 aliphatic carbocycles. The van der Waals surface area contributed by atoms with Gasteiger partial charge in [-0.25, -0.2) is 4.99 Å². The third-order valence-electron chi connectivity index (χ3n) is 2.88. The molecule has 6 heteroatoms. The van der Waals surface area contributed by atoms with Crippen LogP contribution < -0.4 is 5.32 Å². The summed E-state index contributed by atoms with van der Waals surface area (Å²) < 4.78 is 1.06. The van der Waals surface area contributed by atoms with Crippen molar-refractivity contribution in [3.8, 4) is 0 Å². The monoisotopic (exact) mass is 399 g/mol. The maximum Gasteiger partial charge on any atom is 0.102 e. The van der Waals surface area contributed by atoms with E-state index in [9.17, 15) is 0 Å². The molecule has 0 aliphatic heterocycles. The Kier molecular flexibility index (Phi) is 6.12. The highest BCUT2D eigenvalue weighted by Crippen LogP contribution is 2.36. The van der Waals surface area contributed by atoms with Gasteiger partial charge in [-0.1, -0.05) is 57.3 Å². The zero-order valence-corrected chi connectivity index (χ0v) is 15.4. The minimum Gasteiger partial charge on any atom is -0.381 e. The van der Waals surface area contributed by atoms with E-state index >= 15 is 0 Å². The first-order valence-electron chi connectivity index (χ1n) is 6.64. The molecular weight excluding hydrogens is 385 g/mol. The first-order chi connectivity index (χ1) is 10.5. The van der Waals surface area contributed by atoms with E-state index in [0.29, 0.717) is 22.3 Å². The molecule has 0 fully saturated rings. The topological polar surface area (TPSA) is 27.6 Å². The molecule has 0 bridgehead atoms. The Morgan fingerprint density at radius 2 is 1.82 bits per heavy atom. The molecule has 0 radical (unpaired) electrons. The molecule has 0 atom stereocenters. The van der Waals surface area contributed by atoms with E-state index in [-0.39, 0.29) is 0 Å². The van der Waals surface area contributed by atoms with Gasteiger partial charge in [0.15, 0.2) is 0 Å². The van der Waals surface area contributed by atoms with Crippen LogP contribution in [0.25, 0.3) is 0 Å². The van der Waals surface area contributed by atoms with E-state index in [4.69, 9.17) is 23.2 Å². The van der Waals surface area contributed by atoms with Gasteiger partial charge in [-0.05, 0) is 23.8 Å². The number of benzene rings is 2. The van der Waals surface area contributed by atoms with Gasteiger partial charge in [-0.15, -0.1) is 0 Å². The number of anilines is 1. The van der Waals surface area contributed by atoms with Crippen LogP contribution in [0.15, 0.2) is 45.9 Å². The van der Waals surface area contributed by atoms with Crippen LogP contribution in [-0.4, -0.2) is 25.3 Å². The lowest BCUT2D eigenvalue weighted by Gasteiger charge is -2.11. The van der Waals surface area contributed by atoms with E-state index < -0.39 is 0 Å². The summed E-state index contributed by atoms with van der Waals surface area (Å²) in [6.07, 6.45) is 1.67. The third kappa shape index (κ3) is 4.63. The van der Waals surface area contributed by atoms with E-state index in [1.165, 1.54) is 0 Å². The second-order valence-corrected chi connectivity index (χ2v) is 6.61. The molecule has 0 saturated heterocycles. The maximum absolute atomic E-state index is 6.27. The molecule has 1 N–H and O–H groups in total. The van der Waals surface area contributed by atoms with Crippen molar-refractivity contribution in [3.05, 3.63) is 56.5 Å². The zero-order chi connectivity index (χ0) is 16.1. The summed E-state index contributed by atoms with van der Waals surface area (Å²) in [5, 5.41) is 4.34. The van der Waals surface area contributed by atoms with Crippen molar-refractivity contribution < 1.29 is 0 Å². The predicted octanol–water partition coefficient (Wildman–Crippen LogP) is 5.59. The number of hydrogen-bond donors (Lipinski definition) is 1. The molecule has 116 valence electrons. The van der Waals surface area contributed by atoms with E-state index in [1.807, 2.05) is 49.3 Å². The SMILES string of the molecule is CN(C)C=Nc1c(Cl)cc(NCc2ccccc2Br)cc1Cl. The van der Waals surface area contributed by atoms with Crippen molar-refractivity contribution >= 4 is 56.8 Å². The molecule has 2 aromatic rings. The lowest BCUT2D eigenvalue weighted by atomic mass is 10.2. The van der Waals surface area contributed by atoms with Crippen LogP contribution in [0.3, 0.4) is 0 Å². The first kappa shape index (κ1) is 17.1. The minimum atomic E-state index is 0.514. The van der Waals surface area contributed by atoms with Crippen molar-refractivity contribution in [2.24, 2.45) is 4.99 Å². The molecule has 2 aromatic carbocycles. The summed E-state index contributed by atoms with van der Waals surface area (Å²) in [7, 11) is 3.78. The predicted molar refractivity (Wildman–Crippen MR) is 99.8 cm³/mol. The summed E-state index contributed by atoms with van der Waals surface area (Å²) >= 11 is 16.1. The molecule has 0 saturated carbocycles. The van der Waals surface area contributed by atoms with Gasteiger partial charge < -0.3 is 10.2 Å². The summed E-state index contributed by atoms with van der Waals surface area (Å²) in [5.41, 5.74) is 2.59. The van der Waals surface area contributed by atoms with Gasteiger partial charge in [0.25, 0.3) is 0 Å². The van der Waals surface area contributed by atoms with Gasteiger partial charge in [0.05, 0.1) is 16.4 Å². The Morgan fingerprint density at radius 3 is 2.41 bits per heavy atom. The number of nitrogens with zero attached hydrogens (tertiary/aromatic N) is 2. The molecule has 0 aromatic heterocycles. The Labute approximate surface area is 149 Å². The second kappa shape index (κ2) is 7.86. The zero-order valence-electron chi connectivity index (χ0n) is 12.3. The number of nitrogens with one attached hydrogen (secondary N) is 1. The molecular formula is C16H16BrCl2N3. The first-order valence-corrected chi connectivity index (χ1v) is 8.19. The summed E-state index contributed by atoms with van der Waals surface area (Å²) in [5.74, 6) is 0. The fourth-order valence-electron chi connectivity index (χ4n) is 1.80. The highest BCUT2D eigenvalue weighted by atomic mass is 79.9. The Morgan fingerprint density at radius 1 is 1.18 bits per heavy atom. The lowest BCUT2D eigenvalue weighted by molar-refractivity contribution is 0.643. The fourth-order valence-corrected chi connectivity index (χ4v) is 2.81. The fraction of sp³-hybridized carbons (Fsp3) is 0.188. The van der Waals surface area contributed by atoms with E-state index in [1.54, 1.807) is 6.34 Å². The largest absolute Gasteiger partial charge is 0.381 e. The number of rotatable bonds is 5. The Hall–Kier alpha value is -1.23. The lowest BCUT2D eigenvalue weighted by Crippen LogP contribution is -2.07. The van der Waals surface area contributed by atoms with Gasteiger partial charge in [0, 0.05) is 30.8 Å². The molecule has 0 amide bonds. The summed E-state index contributed by atoms with van der Waals surface area (Å²) in [6, 6.07) is 11.7. The van der Waals surface area contributed by atoms with Crippen LogP contribution >= 0.6 is 39.1 Å². The Balaban J connectivity index is 2.15. The summed E-state index contributed by atoms with van der Waals surface area (Å²) in [6.45, 7) is 0.675. The highest BCUT2D eigenvalue weighted by molar-refractivity contribution is 9.10. The number of aliphatic imine (C=N–C) groups is 1. The molecule has 0 unspecified atom stereocenters. The van der Waals surface area contributed by atoms with Gasteiger partial charge >= 0.3 is 0 Å². The minimum absolute atomic E-state index is 0.514. The van der Waals surface area contributed by atoms with Crippen molar-refractivity contribution in [3.63, 3.8) is 0 Å². The molecule has 2 rings (SSSR count). The van der Waals surface area contributed by atoms with Gasteiger partial charge in [0.1, 0.15) is 5.69 Å². The van der Waals surface area contributed by atoms with Crippen molar-refractivity contribution in [2.45, 2.75) is 6.54 Å². The molecule has 0 spiro atoms. The molecule has 22 heavy (non-hydrogen) atoms. The van der Waals surface area contributed by atoms with Crippen LogP contribution in [0.2, 0.25) is 10.0 Å². The van der Waals surface area contributed by atoms with Crippen LogP contribution in [0.4, 0.5) is 11.4 Å². The van der Waals surface area contributed by atoms with Crippen LogP contribution in [-0.2, 0) is 6.54 Å².